The summed E-state index contributed by atoms with van der Waals surface area (Å²) < 4.78 is 0. The number of anilines is 1. The molecule has 82 valence electrons. The first-order chi connectivity index (χ1) is 7.17. The fraction of sp³-hybridized carbons (Fsp3) is 0.455. The number of hydrogen-bond acceptors (Lipinski definition) is 3. The van der Waals surface area contributed by atoms with Crippen LogP contribution in [0.5, 0.6) is 0 Å². The number of rotatable bonds is 5. The van der Waals surface area contributed by atoms with Gasteiger partial charge in [-0.25, -0.2) is 0 Å². The van der Waals surface area contributed by atoms with Crippen LogP contribution in [0.2, 0.25) is 0 Å². The quantitative estimate of drug-likeness (QED) is 0.565. The number of pyridine rings is 1. The standard InChI is InChI=1S/C11H18N4/c1-3-15(4-2)10-5-6-14-9(7-10)8-11(12)13/h5-7H,3-4,8H2,1-2H3,(H3,12,13). The Bertz CT molecular complexity index is 331. The van der Waals surface area contributed by atoms with Crippen molar-refractivity contribution in [3.63, 3.8) is 0 Å². The Hall–Kier alpha value is -1.58. The number of amidine groups is 1. The van der Waals surface area contributed by atoms with Crippen molar-refractivity contribution in [1.29, 1.82) is 5.41 Å². The first kappa shape index (κ1) is 11.5. The van der Waals surface area contributed by atoms with E-state index >= 15 is 0 Å². The van der Waals surface area contributed by atoms with Gasteiger partial charge in [0.05, 0.1) is 5.84 Å². The molecule has 0 saturated heterocycles. The lowest BCUT2D eigenvalue weighted by Crippen LogP contribution is -2.22. The second-order valence-corrected chi connectivity index (χ2v) is 3.38. The van der Waals surface area contributed by atoms with E-state index in [1.54, 1.807) is 6.20 Å². The number of nitrogens with zero attached hydrogens (tertiary/aromatic N) is 2. The van der Waals surface area contributed by atoms with E-state index in [9.17, 15) is 0 Å². The van der Waals surface area contributed by atoms with Crippen molar-refractivity contribution < 1.29 is 0 Å². The summed E-state index contributed by atoms with van der Waals surface area (Å²) in [5.74, 6) is 0.152. The van der Waals surface area contributed by atoms with E-state index in [1.807, 2.05) is 12.1 Å². The van der Waals surface area contributed by atoms with E-state index in [2.05, 4.69) is 23.7 Å². The molecule has 0 aromatic carbocycles. The topological polar surface area (TPSA) is 66.0 Å². The summed E-state index contributed by atoms with van der Waals surface area (Å²) in [6.07, 6.45) is 2.20. The largest absolute Gasteiger partial charge is 0.387 e. The van der Waals surface area contributed by atoms with Crippen LogP contribution in [0.25, 0.3) is 0 Å². The molecule has 0 radical (unpaired) electrons. The number of hydrogen-bond donors (Lipinski definition) is 2. The van der Waals surface area contributed by atoms with E-state index in [0.717, 1.165) is 24.5 Å². The molecular weight excluding hydrogens is 188 g/mol. The van der Waals surface area contributed by atoms with Gasteiger partial charge in [-0.2, -0.15) is 0 Å². The summed E-state index contributed by atoms with van der Waals surface area (Å²) in [7, 11) is 0. The highest BCUT2D eigenvalue weighted by atomic mass is 15.1. The second kappa shape index (κ2) is 5.34. The van der Waals surface area contributed by atoms with E-state index in [1.165, 1.54) is 0 Å². The van der Waals surface area contributed by atoms with Crippen LogP contribution in [0.15, 0.2) is 18.3 Å². The Balaban J connectivity index is 2.86. The monoisotopic (exact) mass is 206 g/mol. The number of nitrogens with one attached hydrogen (secondary N) is 1. The van der Waals surface area contributed by atoms with E-state index in [-0.39, 0.29) is 5.84 Å². The van der Waals surface area contributed by atoms with Crippen LogP contribution in [-0.4, -0.2) is 23.9 Å². The van der Waals surface area contributed by atoms with Crippen molar-refractivity contribution in [1.82, 2.24) is 4.98 Å². The molecule has 4 heteroatoms. The SMILES string of the molecule is CCN(CC)c1ccnc(CC(=N)N)c1. The summed E-state index contributed by atoms with van der Waals surface area (Å²) in [6, 6.07) is 3.98. The van der Waals surface area contributed by atoms with Gasteiger partial charge in [-0.3, -0.25) is 10.4 Å². The Morgan fingerprint density at radius 2 is 2.13 bits per heavy atom. The molecule has 0 bridgehead atoms. The number of nitrogens with two attached hydrogens (primary N) is 1. The van der Waals surface area contributed by atoms with Gasteiger partial charge in [0.1, 0.15) is 0 Å². The molecular formula is C11H18N4. The summed E-state index contributed by atoms with van der Waals surface area (Å²) in [5, 5.41) is 7.22. The normalized spacial score (nSPS) is 10.0. The van der Waals surface area contributed by atoms with Crippen LogP contribution in [0.1, 0.15) is 19.5 Å². The predicted octanol–water partition coefficient (Wildman–Crippen LogP) is 1.41. The van der Waals surface area contributed by atoms with Gasteiger partial charge in [0, 0.05) is 37.1 Å². The summed E-state index contributed by atoms with van der Waals surface area (Å²) in [4.78, 5) is 6.42. The van der Waals surface area contributed by atoms with Crippen molar-refractivity contribution in [3.8, 4) is 0 Å². The third-order valence-electron chi connectivity index (χ3n) is 2.30. The van der Waals surface area contributed by atoms with Gasteiger partial charge >= 0.3 is 0 Å². The molecule has 1 heterocycles. The Labute approximate surface area is 90.6 Å². The zero-order valence-electron chi connectivity index (χ0n) is 9.33. The minimum absolute atomic E-state index is 0.152. The average molecular weight is 206 g/mol. The Morgan fingerprint density at radius 3 is 2.67 bits per heavy atom. The maximum absolute atomic E-state index is 7.22. The minimum Gasteiger partial charge on any atom is -0.387 e. The molecule has 0 amide bonds. The molecule has 0 aliphatic rings. The lowest BCUT2D eigenvalue weighted by atomic mass is 10.2. The van der Waals surface area contributed by atoms with Crippen LogP contribution in [-0.2, 0) is 6.42 Å². The zero-order valence-corrected chi connectivity index (χ0v) is 9.33. The fourth-order valence-corrected chi connectivity index (χ4v) is 1.54. The lowest BCUT2D eigenvalue weighted by Gasteiger charge is -2.21. The van der Waals surface area contributed by atoms with E-state index in [0.29, 0.717) is 6.42 Å². The molecule has 4 nitrogen and oxygen atoms in total. The van der Waals surface area contributed by atoms with Crippen LogP contribution >= 0.6 is 0 Å². The highest BCUT2D eigenvalue weighted by molar-refractivity contribution is 5.79. The van der Waals surface area contributed by atoms with Crippen LogP contribution in [0.4, 0.5) is 5.69 Å². The van der Waals surface area contributed by atoms with Gasteiger partial charge in [0.15, 0.2) is 0 Å². The van der Waals surface area contributed by atoms with Gasteiger partial charge in [0.25, 0.3) is 0 Å². The lowest BCUT2D eigenvalue weighted by molar-refractivity contribution is 0.862. The van der Waals surface area contributed by atoms with Gasteiger partial charge < -0.3 is 10.6 Å². The molecule has 0 fully saturated rings. The fourth-order valence-electron chi connectivity index (χ4n) is 1.54. The Kier molecular flexibility index (Phi) is 4.09. The second-order valence-electron chi connectivity index (χ2n) is 3.38. The van der Waals surface area contributed by atoms with Crippen molar-refractivity contribution in [3.05, 3.63) is 24.0 Å². The Morgan fingerprint density at radius 1 is 1.47 bits per heavy atom. The number of aromatic nitrogens is 1. The molecule has 1 rings (SSSR count). The van der Waals surface area contributed by atoms with Gasteiger partial charge in [-0.05, 0) is 26.0 Å². The summed E-state index contributed by atoms with van der Waals surface area (Å²) >= 11 is 0. The molecule has 0 unspecified atom stereocenters. The molecule has 3 N–H and O–H groups in total. The average Bonchev–Trinajstić information content (AvgIpc) is 2.19. The van der Waals surface area contributed by atoms with Crippen LogP contribution < -0.4 is 10.6 Å². The maximum Gasteiger partial charge on any atom is 0.0966 e. The molecule has 1 aromatic heterocycles. The van der Waals surface area contributed by atoms with E-state index < -0.39 is 0 Å². The van der Waals surface area contributed by atoms with Gasteiger partial charge in [-0.15, -0.1) is 0 Å². The first-order valence-corrected chi connectivity index (χ1v) is 5.20. The van der Waals surface area contributed by atoms with Gasteiger partial charge in [-0.1, -0.05) is 0 Å². The van der Waals surface area contributed by atoms with E-state index in [4.69, 9.17) is 11.1 Å². The third kappa shape index (κ3) is 3.23. The molecule has 0 saturated carbocycles. The highest BCUT2D eigenvalue weighted by Crippen LogP contribution is 2.14. The summed E-state index contributed by atoms with van der Waals surface area (Å²) in [6.45, 7) is 6.18. The van der Waals surface area contributed by atoms with Crippen LogP contribution in [0.3, 0.4) is 0 Å². The van der Waals surface area contributed by atoms with Crippen molar-refractivity contribution in [2.45, 2.75) is 20.3 Å². The molecule has 0 aliphatic carbocycles. The van der Waals surface area contributed by atoms with Crippen LogP contribution in [0, 0.1) is 5.41 Å². The third-order valence-corrected chi connectivity index (χ3v) is 2.30. The van der Waals surface area contributed by atoms with Crippen molar-refractivity contribution in [2.75, 3.05) is 18.0 Å². The predicted molar refractivity (Wildman–Crippen MR) is 63.4 cm³/mol. The van der Waals surface area contributed by atoms with Gasteiger partial charge in [0.2, 0.25) is 0 Å². The van der Waals surface area contributed by atoms with Crippen molar-refractivity contribution >= 4 is 11.5 Å². The van der Waals surface area contributed by atoms with Crippen molar-refractivity contribution in [2.24, 2.45) is 5.73 Å². The smallest absolute Gasteiger partial charge is 0.0966 e. The molecule has 1 aromatic rings. The highest BCUT2D eigenvalue weighted by Gasteiger charge is 2.03. The molecule has 0 atom stereocenters. The maximum atomic E-state index is 7.22. The molecule has 0 spiro atoms. The first-order valence-electron chi connectivity index (χ1n) is 5.20. The zero-order chi connectivity index (χ0) is 11.3. The molecule has 15 heavy (non-hydrogen) atoms. The minimum atomic E-state index is 0.152. The molecule has 0 aliphatic heterocycles. The summed E-state index contributed by atoms with van der Waals surface area (Å²) in [5.41, 5.74) is 7.34.